The molecule has 8 rings (SSSR count). The number of benzene rings is 4. The zero-order chi connectivity index (χ0) is 43.2. The van der Waals surface area contributed by atoms with Crippen molar-refractivity contribution in [3.8, 4) is 34.3 Å². The summed E-state index contributed by atoms with van der Waals surface area (Å²) in [6.45, 7) is 8.65. The number of methoxy groups -OCH3 is 2. The van der Waals surface area contributed by atoms with Crippen LogP contribution in [0.25, 0.3) is 33.3 Å². The normalized spacial score (nSPS) is 11.7. The lowest BCUT2D eigenvalue weighted by atomic mass is 9.80. The molecule has 0 saturated carbocycles. The Kier molecular flexibility index (Phi) is 16.3. The Bertz CT molecular complexity index is 2540. The minimum atomic E-state index is -1.46. The van der Waals surface area contributed by atoms with Gasteiger partial charge in [-0.05, 0) is 99.9 Å². The van der Waals surface area contributed by atoms with Crippen molar-refractivity contribution >= 4 is 69.8 Å². The van der Waals surface area contributed by atoms with Crippen molar-refractivity contribution in [3.63, 3.8) is 0 Å². The number of esters is 2. The molecule has 4 heterocycles. The lowest BCUT2D eigenvalue weighted by Crippen LogP contribution is -2.29. The predicted octanol–water partition coefficient (Wildman–Crippen LogP) is 6.94. The Morgan fingerprint density at radius 1 is 0.629 bits per heavy atom. The third kappa shape index (κ3) is 10.7. The number of anilines is 2. The molecule has 0 bridgehead atoms. The lowest BCUT2D eigenvalue weighted by Gasteiger charge is -2.25. The molecule has 0 amide bonds. The number of aromatic nitrogens is 4. The van der Waals surface area contributed by atoms with E-state index < -0.39 is 19.1 Å². The molecule has 18 heteroatoms. The maximum absolute atomic E-state index is 11.9. The van der Waals surface area contributed by atoms with Gasteiger partial charge in [-0.2, -0.15) is 0 Å². The molecule has 0 fully saturated rings. The van der Waals surface area contributed by atoms with Crippen molar-refractivity contribution in [3.05, 3.63) is 89.1 Å². The monoisotopic (exact) mass is 870 g/mol. The van der Waals surface area contributed by atoms with Gasteiger partial charge < -0.3 is 48.3 Å². The van der Waals surface area contributed by atoms with Gasteiger partial charge in [0.25, 0.3) is 0 Å². The first-order valence-corrected chi connectivity index (χ1v) is 19.1. The van der Waals surface area contributed by atoms with Gasteiger partial charge in [0, 0.05) is 31.7 Å². The van der Waals surface area contributed by atoms with Crippen molar-refractivity contribution < 1.29 is 48.1 Å². The van der Waals surface area contributed by atoms with Crippen LogP contribution in [0.5, 0.6) is 23.0 Å². The molecule has 2 aliphatic rings. The first-order chi connectivity index (χ1) is 28.7. The van der Waals surface area contributed by atoms with Gasteiger partial charge in [0.1, 0.15) is 5.69 Å². The maximum Gasteiger partial charge on any atom is 0.488 e. The van der Waals surface area contributed by atoms with Gasteiger partial charge in [0.05, 0.1) is 47.4 Å². The number of halogens is 1. The summed E-state index contributed by atoms with van der Waals surface area (Å²) >= 11 is 6.16. The molecule has 16 nitrogen and oxygen atoms in total. The van der Waals surface area contributed by atoms with E-state index in [4.69, 9.17) is 60.0 Å². The largest absolute Gasteiger partial charge is 0.488 e. The second-order valence-corrected chi connectivity index (χ2v) is 14.4. The molecule has 0 unspecified atom stereocenters. The third-order valence-corrected chi connectivity index (χ3v) is 9.90. The number of fused-ring (bicyclic) bond motifs is 4. The second kappa shape index (κ2) is 20.9. The van der Waals surface area contributed by atoms with E-state index >= 15 is 0 Å². The summed E-state index contributed by atoms with van der Waals surface area (Å²) in [6, 6.07) is 21.2. The molecular weight excluding hydrogens is 819 g/mol. The molecule has 4 aromatic carbocycles. The molecule has 2 N–H and O–H groups in total. The van der Waals surface area contributed by atoms with Gasteiger partial charge >= 0.3 is 19.1 Å². The lowest BCUT2D eigenvalue weighted by molar-refractivity contribution is 0.0592. The molecule has 2 aromatic heterocycles. The highest BCUT2D eigenvalue weighted by Gasteiger charge is 2.22. The highest BCUT2D eigenvalue weighted by atomic mass is 35.5. The average Bonchev–Trinajstić information content (AvgIpc) is 3.94. The molecule has 0 radical (unpaired) electrons. The fourth-order valence-corrected chi connectivity index (χ4v) is 6.10. The van der Waals surface area contributed by atoms with Gasteiger partial charge in [0.15, 0.2) is 39.8 Å². The summed E-state index contributed by atoms with van der Waals surface area (Å²) in [5.74, 6) is 3.13. The molecule has 6 aromatic rings. The van der Waals surface area contributed by atoms with Crippen LogP contribution in [-0.4, -0.2) is 103 Å². The molecular formula is C44H52BClN6O10. The molecule has 0 aliphatic carbocycles. The first-order valence-electron chi connectivity index (χ1n) is 18.8. The SMILES string of the molecule is C.C.COC(=O)c1ccc2nc(-c3ccc4c(c3)OCO4)c(N(C)C(C)C)nc2c1.COC(=O)c1ccc2nc(Cl)c(N(C)C(C)C)nc2c1.OB(O)c1ccc2c(c1)OCO2. The zero-order valence-electron chi connectivity index (χ0n) is 34.3. The quantitative estimate of drug-likeness (QED) is 0.118. The summed E-state index contributed by atoms with van der Waals surface area (Å²) in [7, 11) is 5.12. The number of ether oxygens (including phenoxy) is 6. The van der Waals surface area contributed by atoms with E-state index in [1.54, 1.807) is 54.6 Å². The van der Waals surface area contributed by atoms with Crippen molar-refractivity contribution in [2.45, 2.75) is 54.6 Å². The highest BCUT2D eigenvalue weighted by molar-refractivity contribution is 6.58. The molecule has 62 heavy (non-hydrogen) atoms. The number of rotatable bonds is 8. The van der Waals surface area contributed by atoms with Crippen LogP contribution < -0.4 is 34.2 Å². The summed E-state index contributed by atoms with van der Waals surface area (Å²) in [6.07, 6.45) is 0. The van der Waals surface area contributed by atoms with Gasteiger partial charge in [-0.15, -0.1) is 0 Å². The fraction of sp³-hybridized carbons (Fsp3) is 0.318. The zero-order valence-corrected chi connectivity index (χ0v) is 35.1. The van der Waals surface area contributed by atoms with Crippen LogP contribution in [0, 0.1) is 0 Å². The first kappa shape index (κ1) is 48.2. The summed E-state index contributed by atoms with van der Waals surface area (Å²) in [5.41, 5.74) is 5.50. The molecule has 0 atom stereocenters. The Balaban J connectivity index is 0.000000217. The minimum absolute atomic E-state index is 0. The van der Waals surface area contributed by atoms with E-state index in [9.17, 15) is 9.59 Å². The highest BCUT2D eigenvalue weighted by Crippen LogP contribution is 2.38. The predicted molar refractivity (Wildman–Crippen MR) is 241 cm³/mol. The van der Waals surface area contributed by atoms with Crippen LogP contribution in [0.2, 0.25) is 5.15 Å². The van der Waals surface area contributed by atoms with Crippen LogP contribution in [0.1, 0.15) is 63.3 Å². The molecule has 2 aliphatic heterocycles. The van der Waals surface area contributed by atoms with E-state index in [0.717, 1.165) is 22.8 Å². The number of nitrogens with zero attached hydrogens (tertiary/aromatic N) is 6. The molecule has 328 valence electrons. The van der Waals surface area contributed by atoms with Crippen LogP contribution in [0.4, 0.5) is 11.6 Å². The van der Waals surface area contributed by atoms with E-state index in [-0.39, 0.29) is 40.5 Å². The third-order valence-electron chi connectivity index (χ3n) is 9.65. The number of hydrogen-bond acceptors (Lipinski definition) is 16. The minimum Gasteiger partial charge on any atom is -0.465 e. The maximum atomic E-state index is 11.9. The number of carbonyl (C=O) groups is 2. The Hall–Kier alpha value is -6.43. The Morgan fingerprint density at radius 3 is 1.61 bits per heavy atom. The Morgan fingerprint density at radius 2 is 1.10 bits per heavy atom. The molecule has 0 spiro atoms. The van der Waals surface area contributed by atoms with Crippen molar-refractivity contribution in [1.29, 1.82) is 0 Å². The van der Waals surface area contributed by atoms with Crippen LogP contribution >= 0.6 is 11.6 Å². The Labute approximate surface area is 366 Å². The number of carbonyl (C=O) groups excluding carboxylic acids is 2. The van der Waals surface area contributed by atoms with Gasteiger partial charge in [-0.1, -0.05) is 32.5 Å². The fourth-order valence-electron chi connectivity index (χ4n) is 5.83. The van der Waals surface area contributed by atoms with Crippen molar-refractivity contribution in [2.75, 3.05) is 51.7 Å². The van der Waals surface area contributed by atoms with Gasteiger partial charge in [-0.3, -0.25) is 0 Å². The number of hydrogen-bond donors (Lipinski definition) is 2. The average molecular weight is 871 g/mol. The summed E-state index contributed by atoms with van der Waals surface area (Å²) < 4.78 is 30.5. The van der Waals surface area contributed by atoms with E-state index in [1.165, 1.54) is 14.2 Å². The van der Waals surface area contributed by atoms with Crippen LogP contribution in [-0.2, 0) is 9.47 Å². The standard InChI is InChI=1S/C21H21N3O4.C14H16ClN3O2.C7H7BO4.2CH4/c1-12(2)24(3)20-19(13-6-8-17-18(10-13)28-11-27-17)22-15-7-5-14(21(25)26-4)9-16(15)23-20;1-8(2)18(3)13-12(15)16-10-6-5-9(14(19)20-4)7-11(10)17-13;9-8(10)5-1-2-6-7(3-5)12-4-11-6;;/h5-10,12H,11H2,1-4H3;5-8H,1-4H3;1-3,9-10H,4H2;2*1H4. The summed E-state index contributed by atoms with van der Waals surface area (Å²) in [4.78, 5) is 45.9. The van der Waals surface area contributed by atoms with Gasteiger partial charge in [-0.25, -0.2) is 29.5 Å². The second-order valence-electron chi connectivity index (χ2n) is 14.1. The van der Waals surface area contributed by atoms with Crippen LogP contribution in [0.15, 0.2) is 72.8 Å². The van der Waals surface area contributed by atoms with Crippen molar-refractivity contribution in [1.82, 2.24) is 19.9 Å². The van der Waals surface area contributed by atoms with Crippen LogP contribution in [0.3, 0.4) is 0 Å². The molecule has 0 saturated heterocycles. The van der Waals surface area contributed by atoms with E-state index in [2.05, 4.69) is 28.7 Å². The van der Waals surface area contributed by atoms with E-state index in [0.29, 0.717) is 66.9 Å². The van der Waals surface area contributed by atoms with Gasteiger partial charge in [0.2, 0.25) is 13.6 Å². The summed E-state index contributed by atoms with van der Waals surface area (Å²) in [5, 5.41) is 18.0. The van der Waals surface area contributed by atoms with E-state index in [1.807, 2.05) is 51.0 Å². The topological polar surface area (TPSA) is 188 Å². The van der Waals surface area contributed by atoms with Crippen molar-refractivity contribution in [2.24, 2.45) is 0 Å². The smallest absolute Gasteiger partial charge is 0.465 e.